The minimum absolute atomic E-state index is 0.609. The molecule has 0 aromatic carbocycles. The standard InChI is InChI=1S/C15H32N4/c1-5-16-15(18-12-13(2)3)17-9-11-19-10-7-6-8-14(19)4/h13-14H,5-12H2,1-4H3,(H2,16,17,18). The number of guanidine groups is 1. The van der Waals surface area contributed by atoms with Gasteiger partial charge in [-0.1, -0.05) is 20.3 Å². The molecule has 1 aliphatic heterocycles. The smallest absolute Gasteiger partial charge is 0.191 e. The van der Waals surface area contributed by atoms with Crippen LogP contribution in [0.1, 0.15) is 47.0 Å². The van der Waals surface area contributed by atoms with Gasteiger partial charge in [-0.3, -0.25) is 9.89 Å². The molecule has 0 amide bonds. The zero-order valence-electron chi connectivity index (χ0n) is 13.2. The maximum atomic E-state index is 4.59. The number of likely N-dealkylation sites (tertiary alicyclic amines) is 1. The molecule has 4 nitrogen and oxygen atoms in total. The molecule has 1 atom stereocenters. The van der Waals surface area contributed by atoms with Crippen LogP contribution in [-0.2, 0) is 0 Å². The molecule has 1 aliphatic rings. The van der Waals surface area contributed by atoms with Crippen molar-refractivity contribution in [3.05, 3.63) is 0 Å². The third-order valence-electron chi connectivity index (χ3n) is 3.59. The van der Waals surface area contributed by atoms with E-state index in [1.54, 1.807) is 0 Å². The monoisotopic (exact) mass is 268 g/mol. The van der Waals surface area contributed by atoms with Crippen LogP contribution in [0.15, 0.2) is 4.99 Å². The number of rotatable bonds is 6. The largest absolute Gasteiger partial charge is 0.357 e. The Balaban J connectivity index is 2.28. The molecule has 0 aliphatic carbocycles. The highest BCUT2D eigenvalue weighted by Gasteiger charge is 2.17. The predicted octanol–water partition coefficient (Wildman–Crippen LogP) is 2.07. The van der Waals surface area contributed by atoms with Gasteiger partial charge in [0.2, 0.25) is 0 Å². The summed E-state index contributed by atoms with van der Waals surface area (Å²) in [6.45, 7) is 14.0. The van der Waals surface area contributed by atoms with Crippen molar-refractivity contribution in [3.8, 4) is 0 Å². The van der Waals surface area contributed by atoms with Gasteiger partial charge in [0.25, 0.3) is 0 Å². The van der Waals surface area contributed by atoms with Crippen molar-refractivity contribution in [2.75, 3.05) is 32.7 Å². The summed E-state index contributed by atoms with van der Waals surface area (Å²) in [7, 11) is 0. The lowest BCUT2D eigenvalue weighted by molar-refractivity contribution is 0.163. The van der Waals surface area contributed by atoms with Gasteiger partial charge in [-0.05, 0) is 39.2 Å². The van der Waals surface area contributed by atoms with Gasteiger partial charge in [0.1, 0.15) is 0 Å². The van der Waals surface area contributed by atoms with Crippen LogP contribution in [0.4, 0.5) is 0 Å². The molecule has 0 spiro atoms. The quantitative estimate of drug-likeness (QED) is 0.572. The van der Waals surface area contributed by atoms with E-state index in [0.717, 1.165) is 38.2 Å². The fourth-order valence-corrected chi connectivity index (χ4v) is 2.42. The number of hydrogen-bond acceptors (Lipinski definition) is 2. The van der Waals surface area contributed by atoms with E-state index in [2.05, 4.69) is 48.2 Å². The predicted molar refractivity (Wildman–Crippen MR) is 83.7 cm³/mol. The fourth-order valence-electron chi connectivity index (χ4n) is 2.42. The van der Waals surface area contributed by atoms with Gasteiger partial charge in [0.05, 0.1) is 0 Å². The van der Waals surface area contributed by atoms with E-state index in [1.165, 1.54) is 25.8 Å². The Bertz CT molecular complexity index is 263. The zero-order chi connectivity index (χ0) is 14.1. The molecule has 1 heterocycles. The van der Waals surface area contributed by atoms with Crippen molar-refractivity contribution in [1.29, 1.82) is 0 Å². The maximum Gasteiger partial charge on any atom is 0.191 e. The lowest BCUT2D eigenvalue weighted by Crippen LogP contribution is -2.45. The topological polar surface area (TPSA) is 39.7 Å². The number of hydrogen-bond donors (Lipinski definition) is 2. The molecule has 112 valence electrons. The minimum atomic E-state index is 0.609. The number of nitrogens with zero attached hydrogens (tertiary/aromatic N) is 2. The Morgan fingerprint density at radius 2 is 2.11 bits per heavy atom. The van der Waals surface area contributed by atoms with E-state index in [1.807, 2.05) is 0 Å². The average Bonchev–Trinajstić information content (AvgIpc) is 2.38. The van der Waals surface area contributed by atoms with E-state index < -0.39 is 0 Å². The first-order valence-corrected chi connectivity index (χ1v) is 7.89. The summed E-state index contributed by atoms with van der Waals surface area (Å²) in [6, 6.07) is 0.741. The molecule has 1 rings (SSSR count). The van der Waals surface area contributed by atoms with Gasteiger partial charge >= 0.3 is 0 Å². The summed E-state index contributed by atoms with van der Waals surface area (Å²) >= 11 is 0. The SMILES string of the molecule is CCNC(=NCC(C)C)NCCN1CCCCC1C. The molecular weight excluding hydrogens is 236 g/mol. The first-order chi connectivity index (χ1) is 9.13. The average molecular weight is 268 g/mol. The highest BCUT2D eigenvalue weighted by atomic mass is 15.2. The minimum Gasteiger partial charge on any atom is -0.357 e. The van der Waals surface area contributed by atoms with E-state index in [-0.39, 0.29) is 0 Å². The molecule has 1 fully saturated rings. The van der Waals surface area contributed by atoms with Crippen molar-refractivity contribution in [3.63, 3.8) is 0 Å². The van der Waals surface area contributed by atoms with Crippen LogP contribution in [0.25, 0.3) is 0 Å². The molecule has 19 heavy (non-hydrogen) atoms. The summed E-state index contributed by atoms with van der Waals surface area (Å²) in [5, 5.41) is 6.75. The highest BCUT2D eigenvalue weighted by molar-refractivity contribution is 5.79. The number of aliphatic imine (C=N–C) groups is 1. The lowest BCUT2D eigenvalue weighted by Gasteiger charge is -2.33. The highest BCUT2D eigenvalue weighted by Crippen LogP contribution is 2.15. The van der Waals surface area contributed by atoms with Gasteiger partial charge in [0.15, 0.2) is 5.96 Å². The lowest BCUT2D eigenvalue weighted by atomic mass is 10.0. The summed E-state index contributed by atoms with van der Waals surface area (Å²) in [6.07, 6.45) is 4.09. The van der Waals surface area contributed by atoms with Crippen molar-refractivity contribution in [2.24, 2.45) is 10.9 Å². The molecule has 1 saturated heterocycles. The summed E-state index contributed by atoms with van der Waals surface area (Å²) in [4.78, 5) is 7.18. The fraction of sp³-hybridized carbons (Fsp3) is 0.933. The third-order valence-corrected chi connectivity index (χ3v) is 3.59. The van der Waals surface area contributed by atoms with Crippen molar-refractivity contribution in [1.82, 2.24) is 15.5 Å². The summed E-state index contributed by atoms with van der Waals surface area (Å²) in [5.41, 5.74) is 0. The molecule has 0 saturated carbocycles. The Labute approximate surface area is 119 Å². The number of nitrogens with one attached hydrogen (secondary N) is 2. The molecule has 2 N–H and O–H groups in total. The summed E-state index contributed by atoms with van der Waals surface area (Å²) < 4.78 is 0. The molecule has 0 radical (unpaired) electrons. The second kappa shape index (κ2) is 9.18. The third kappa shape index (κ3) is 6.81. The van der Waals surface area contributed by atoms with Crippen LogP contribution in [0.2, 0.25) is 0 Å². The van der Waals surface area contributed by atoms with Crippen molar-refractivity contribution < 1.29 is 0 Å². The van der Waals surface area contributed by atoms with Crippen LogP contribution in [0, 0.1) is 5.92 Å². The first kappa shape index (κ1) is 16.3. The first-order valence-electron chi connectivity index (χ1n) is 7.89. The van der Waals surface area contributed by atoms with Crippen LogP contribution >= 0.6 is 0 Å². The van der Waals surface area contributed by atoms with Gasteiger partial charge in [-0.15, -0.1) is 0 Å². The Morgan fingerprint density at radius 1 is 1.32 bits per heavy atom. The number of piperidine rings is 1. The Hall–Kier alpha value is -0.770. The zero-order valence-corrected chi connectivity index (χ0v) is 13.2. The van der Waals surface area contributed by atoms with Crippen LogP contribution < -0.4 is 10.6 Å². The van der Waals surface area contributed by atoms with Gasteiger partial charge in [-0.25, -0.2) is 0 Å². The van der Waals surface area contributed by atoms with E-state index >= 15 is 0 Å². The second-order valence-electron chi connectivity index (χ2n) is 5.92. The van der Waals surface area contributed by atoms with Crippen molar-refractivity contribution in [2.45, 2.75) is 53.0 Å². The summed E-state index contributed by atoms with van der Waals surface area (Å²) in [5.74, 6) is 1.57. The molecular formula is C15H32N4. The van der Waals surface area contributed by atoms with Gasteiger partial charge in [-0.2, -0.15) is 0 Å². The molecule has 0 bridgehead atoms. The van der Waals surface area contributed by atoms with Crippen molar-refractivity contribution >= 4 is 5.96 Å². The molecule has 1 unspecified atom stereocenters. The normalized spacial score (nSPS) is 21.7. The van der Waals surface area contributed by atoms with Crippen LogP contribution in [-0.4, -0.2) is 49.6 Å². The second-order valence-corrected chi connectivity index (χ2v) is 5.92. The van der Waals surface area contributed by atoms with E-state index in [9.17, 15) is 0 Å². The molecule has 0 aromatic rings. The van der Waals surface area contributed by atoms with E-state index in [4.69, 9.17) is 0 Å². The Kier molecular flexibility index (Phi) is 7.87. The maximum absolute atomic E-state index is 4.59. The van der Waals surface area contributed by atoms with E-state index in [0.29, 0.717) is 5.92 Å². The van der Waals surface area contributed by atoms with Gasteiger partial charge < -0.3 is 10.6 Å². The molecule has 4 heteroatoms. The van der Waals surface area contributed by atoms with Gasteiger partial charge in [0, 0.05) is 32.2 Å². The molecule has 0 aromatic heterocycles. The Morgan fingerprint density at radius 3 is 2.74 bits per heavy atom. The van der Waals surface area contributed by atoms with Crippen LogP contribution in [0.5, 0.6) is 0 Å². The van der Waals surface area contributed by atoms with Crippen LogP contribution in [0.3, 0.4) is 0 Å².